The van der Waals surface area contributed by atoms with Gasteiger partial charge in [0.1, 0.15) is 0 Å². The highest BCUT2D eigenvalue weighted by molar-refractivity contribution is 5.94. The van der Waals surface area contributed by atoms with Gasteiger partial charge in [-0.2, -0.15) is 0 Å². The number of carbonyl (C=O) groups excluding carboxylic acids is 1. The third-order valence-corrected chi connectivity index (χ3v) is 5.23. The lowest BCUT2D eigenvalue weighted by atomic mass is 9.82. The lowest BCUT2D eigenvalue weighted by Gasteiger charge is -2.24. The standard InChI is InChI=1S/C23H26N2O/c1-5-23(2,3)20-11-9-18(10-12-20)22(26)25(4)16-17-8-13-21-19(15-17)7-6-14-24-21/h6-15H,5,16H2,1-4H3. The van der Waals surface area contributed by atoms with Crippen LogP contribution < -0.4 is 0 Å². The normalized spacial score (nSPS) is 11.5. The highest BCUT2D eigenvalue weighted by Gasteiger charge is 2.19. The summed E-state index contributed by atoms with van der Waals surface area (Å²) in [7, 11) is 1.85. The summed E-state index contributed by atoms with van der Waals surface area (Å²) in [5.41, 5.74) is 4.20. The van der Waals surface area contributed by atoms with Crippen molar-refractivity contribution in [3.63, 3.8) is 0 Å². The van der Waals surface area contributed by atoms with Crippen molar-refractivity contribution in [1.29, 1.82) is 0 Å². The van der Waals surface area contributed by atoms with Crippen molar-refractivity contribution in [2.45, 2.75) is 39.2 Å². The molecule has 0 bridgehead atoms. The fourth-order valence-corrected chi connectivity index (χ4v) is 3.06. The summed E-state index contributed by atoms with van der Waals surface area (Å²) in [6, 6.07) is 18.1. The monoisotopic (exact) mass is 346 g/mol. The summed E-state index contributed by atoms with van der Waals surface area (Å²) in [4.78, 5) is 18.9. The first-order valence-electron chi connectivity index (χ1n) is 9.10. The third kappa shape index (κ3) is 3.77. The number of fused-ring (bicyclic) bond motifs is 1. The molecule has 0 radical (unpaired) electrons. The van der Waals surface area contributed by atoms with Crippen LogP contribution in [0.2, 0.25) is 0 Å². The Kier molecular flexibility index (Phi) is 5.08. The Morgan fingerprint density at radius 3 is 2.50 bits per heavy atom. The summed E-state index contributed by atoms with van der Waals surface area (Å²) in [6.07, 6.45) is 2.86. The van der Waals surface area contributed by atoms with Crippen LogP contribution in [0.3, 0.4) is 0 Å². The molecule has 3 heteroatoms. The van der Waals surface area contributed by atoms with Gasteiger partial charge in [-0.05, 0) is 53.3 Å². The SMILES string of the molecule is CCC(C)(C)c1ccc(C(=O)N(C)Cc2ccc3ncccc3c2)cc1. The Morgan fingerprint density at radius 2 is 1.81 bits per heavy atom. The fourth-order valence-electron chi connectivity index (χ4n) is 3.06. The second-order valence-corrected chi connectivity index (χ2v) is 7.51. The van der Waals surface area contributed by atoms with Gasteiger partial charge in [-0.15, -0.1) is 0 Å². The molecule has 3 rings (SSSR count). The average molecular weight is 346 g/mol. The number of amides is 1. The number of hydrogen-bond donors (Lipinski definition) is 0. The van der Waals surface area contributed by atoms with E-state index in [4.69, 9.17) is 0 Å². The lowest BCUT2D eigenvalue weighted by Crippen LogP contribution is -2.26. The maximum atomic E-state index is 12.8. The molecule has 134 valence electrons. The molecule has 1 amide bonds. The highest BCUT2D eigenvalue weighted by Crippen LogP contribution is 2.27. The van der Waals surface area contributed by atoms with Crippen LogP contribution in [0, 0.1) is 0 Å². The van der Waals surface area contributed by atoms with Gasteiger partial charge in [0.05, 0.1) is 5.52 Å². The fraction of sp³-hybridized carbons (Fsp3) is 0.304. The molecule has 0 saturated carbocycles. The van der Waals surface area contributed by atoms with Gasteiger partial charge in [-0.1, -0.05) is 45.0 Å². The molecule has 1 aromatic heterocycles. The number of nitrogens with zero attached hydrogens (tertiary/aromatic N) is 2. The van der Waals surface area contributed by atoms with Crippen LogP contribution in [0.1, 0.15) is 48.7 Å². The number of hydrogen-bond acceptors (Lipinski definition) is 2. The first-order chi connectivity index (χ1) is 12.4. The topological polar surface area (TPSA) is 33.2 Å². The zero-order valence-corrected chi connectivity index (χ0v) is 16.0. The number of aromatic nitrogens is 1. The Hall–Kier alpha value is -2.68. The largest absolute Gasteiger partial charge is 0.337 e. The smallest absolute Gasteiger partial charge is 0.253 e. The van der Waals surface area contributed by atoms with E-state index in [1.165, 1.54) is 5.56 Å². The van der Waals surface area contributed by atoms with Gasteiger partial charge in [0, 0.05) is 30.7 Å². The maximum absolute atomic E-state index is 12.8. The Labute approximate surface area is 155 Å². The minimum atomic E-state index is 0.0390. The summed E-state index contributed by atoms with van der Waals surface area (Å²) in [5.74, 6) is 0.0390. The minimum absolute atomic E-state index is 0.0390. The zero-order valence-electron chi connectivity index (χ0n) is 16.0. The minimum Gasteiger partial charge on any atom is -0.337 e. The van der Waals surface area contributed by atoms with Crippen LogP contribution in [0.5, 0.6) is 0 Å². The summed E-state index contributed by atoms with van der Waals surface area (Å²) in [5, 5.41) is 1.09. The van der Waals surface area contributed by atoms with Gasteiger partial charge < -0.3 is 4.90 Å². The molecule has 0 N–H and O–H groups in total. The van der Waals surface area contributed by atoms with Crippen molar-refractivity contribution in [2.75, 3.05) is 7.05 Å². The van der Waals surface area contributed by atoms with E-state index >= 15 is 0 Å². The Bertz CT molecular complexity index is 913. The molecule has 0 aliphatic carbocycles. The van der Waals surface area contributed by atoms with Crippen molar-refractivity contribution in [3.05, 3.63) is 77.5 Å². The van der Waals surface area contributed by atoms with E-state index < -0.39 is 0 Å². The first-order valence-corrected chi connectivity index (χ1v) is 9.10. The molecule has 0 atom stereocenters. The lowest BCUT2D eigenvalue weighted by molar-refractivity contribution is 0.0785. The van der Waals surface area contributed by atoms with Gasteiger partial charge in [0.15, 0.2) is 0 Å². The molecule has 26 heavy (non-hydrogen) atoms. The van der Waals surface area contributed by atoms with Gasteiger partial charge >= 0.3 is 0 Å². The average Bonchev–Trinajstić information content (AvgIpc) is 2.67. The van der Waals surface area contributed by atoms with Gasteiger partial charge in [0.25, 0.3) is 5.91 Å². The second kappa shape index (κ2) is 7.28. The summed E-state index contributed by atoms with van der Waals surface area (Å²) >= 11 is 0. The number of carbonyl (C=O) groups is 1. The van der Waals surface area contributed by atoms with Crippen LogP contribution in [0.25, 0.3) is 10.9 Å². The molecule has 0 fully saturated rings. The van der Waals surface area contributed by atoms with Crippen LogP contribution in [0.15, 0.2) is 60.8 Å². The number of rotatable bonds is 5. The van der Waals surface area contributed by atoms with Crippen molar-refractivity contribution in [1.82, 2.24) is 9.88 Å². The molecule has 0 spiro atoms. The van der Waals surface area contributed by atoms with E-state index in [1.807, 2.05) is 43.4 Å². The van der Waals surface area contributed by atoms with Crippen molar-refractivity contribution >= 4 is 16.8 Å². The Morgan fingerprint density at radius 1 is 1.08 bits per heavy atom. The van der Waals surface area contributed by atoms with Crippen LogP contribution in [-0.4, -0.2) is 22.8 Å². The van der Waals surface area contributed by atoms with E-state index in [1.54, 1.807) is 11.1 Å². The summed E-state index contributed by atoms with van der Waals surface area (Å²) in [6.45, 7) is 7.22. The van der Waals surface area contributed by atoms with Gasteiger partial charge in [0.2, 0.25) is 0 Å². The third-order valence-electron chi connectivity index (χ3n) is 5.23. The molecule has 1 heterocycles. The quantitative estimate of drug-likeness (QED) is 0.636. The van der Waals surface area contributed by atoms with Gasteiger partial charge in [-0.25, -0.2) is 0 Å². The first kappa shape index (κ1) is 18.1. The van der Waals surface area contributed by atoms with Crippen LogP contribution >= 0.6 is 0 Å². The van der Waals surface area contributed by atoms with E-state index in [0.29, 0.717) is 6.54 Å². The predicted molar refractivity (Wildman–Crippen MR) is 107 cm³/mol. The molecular formula is C23H26N2O. The highest BCUT2D eigenvalue weighted by atomic mass is 16.2. The maximum Gasteiger partial charge on any atom is 0.253 e. The molecule has 0 aliphatic rings. The van der Waals surface area contributed by atoms with Crippen molar-refractivity contribution < 1.29 is 4.79 Å². The van der Waals surface area contributed by atoms with E-state index in [-0.39, 0.29) is 11.3 Å². The van der Waals surface area contributed by atoms with Crippen LogP contribution in [0.4, 0.5) is 0 Å². The van der Waals surface area contributed by atoms with E-state index in [9.17, 15) is 4.79 Å². The molecule has 0 saturated heterocycles. The Balaban J connectivity index is 1.74. The zero-order chi connectivity index (χ0) is 18.7. The molecule has 0 aliphatic heterocycles. The van der Waals surface area contributed by atoms with Crippen molar-refractivity contribution in [2.24, 2.45) is 0 Å². The molecular weight excluding hydrogens is 320 g/mol. The van der Waals surface area contributed by atoms with E-state index in [0.717, 1.165) is 28.5 Å². The number of pyridine rings is 1. The molecule has 2 aromatic carbocycles. The summed E-state index contributed by atoms with van der Waals surface area (Å²) < 4.78 is 0. The second-order valence-electron chi connectivity index (χ2n) is 7.51. The van der Waals surface area contributed by atoms with E-state index in [2.05, 4.69) is 44.0 Å². The molecule has 0 unspecified atom stereocenters. The predicted octanol–water partition coefficient (Wildman–Crippen LogP) is 5.19. The van der Waals surface area contributed by atoms with Crippen molar-refractivity contribution in [3.8, 4) is 0 Å². The molecule has 3 nitrogen and oxygen atoms in total. The molecule has 3 aromatic rings. The number of benzene rings is 2. The van der Waals surface area contributed by atoms with Gasteiger partial charge in [-0.3, -0.25) is 9.78 Å². The van der Waals surface area contributed by atoms with Crippen LogP contribution in [-0.2, 0) is 12.0 Å².